The van der Waals surface area contributed by atoms with Crippen LogP contribution in [0.4, 0.5) is 0 Å². The standard InChI is InChI=1S/C26H25NO3/c1-27(18-19-8-9-22-17-24(29-2)11-10-21(22)16-19)26(28)15-13-23-12-14-25(30-23)20-6-4-3-5-7-20/h3-12,14,16-17H,13,15,18H2,1-2H3. The number of aryl methyl sites for hydroxylation is 1. The third kappa shape index (κ3) is 4.54. The summed E-state index contributed by atoms with van der Waals surface area (Å²) in [7, 11) is 3.51. The zero-order valence-electron chi connectivity index (χ0n) is 17.3. The molecule has 0 atom stereocenters. The van der Waals surface area contributed by atoms with Crippen LogP contribution in [-0.4, -0.2) is 25.0 Å². The summed E-state index contributed by atoms with van der Waals surface area (Å²) in [5.74, 6) is 2.60. The van der Waals surface area contributed by atoms with Crippen molar-refractivity contribution in [3.8, 4) is 17.1 Å². The Morgan fingerprint density at radius 2 is 1.70 bits per heavy atom. The first-order valence-electron chi connectivity index (χ1n) is 10.1. The molecule has 1 heterocycles. The number of ether oxygens (including phenoxy) is 1. The van der Waals surface area contributed by atoms with Gasteiger partial charge in [0.05, 0.1) is 7.11 Å². The van der Waals surface area contributed by atoms with Crippen molar-refractivity contribution in [1.82, 2.24) is 4.90 Å². The summed E-state index contributed by atoms with van der Waals surface area (Å²) in [5.41, 5.74) is 2.15. The lowest BCUT2D eigenvalue weighted by Crippen LogP contribution is -2.26. The molecule has 4 nitrogen and oxygen atoms in total. The Kier molecular flexibility index (Phi) is 5.84. The summed E-state index contributed by atoms with van der Waals surface area (Å²) >= 11 is 0. The second-order valence-corrected chi connectivity index (χ2v) is 7.43. The van der Waals surface area contributed by atoms with Crippen LogP contribution >= 0.6 is 0 Å². The molecule has 1 amide bonds. The third-order valence-electron chi connectivity index (χ3n) is 5.26. The lowest BCUT2D eigenvalue weighted by Gasteiger charge is -2.17. The molecule has 0 saturated carbocycles. The molecule has 0 saturated heterocycles. The van der Waals surface area contributed by atoms with Gasteiger partial charge < -0.3 is 14.1 Å². The van der Waals surface area contributed by atoms with Gasteiger partial charge in [-0.25, -0.2) is 0 Å². The quantitative estimate of drug-likeness (QED) is 0.400. The molecule has 30 heavy (non-hydrogen) atoms. The monoisotopic (exact) mass is 399 g/mol. The largest absolute Gasteiger partial charge is 0.497 e. The van der Waals surface area contributed by atoms with Gasteiger partial charge in [-0.15, -0.1) is 0 Å². The predicted molar refractivity (Wildman–Crippen MR) is 119 cm³/mol. The maximum absolute atomic E-state index is 12.6. The molecular weight excluding hydrogens is 374 g/mol. The number of nitrogens with zero attached hydrogens (tertiary/aromatic N) is 1. The number of hydrogen-bond donors (Lipinski definition) is 0. The number of benzene rings is 3. The Labute approximate surface area is 176 Å². The Morgan fingerprint density at radius 3 is 2.50 bits per heavy atom. The van der Waals surface area contributed by atoms with E-state index >= 15 is 0 Å². The highest BCUT2D eigenvalue weighted by Gasteiger charge is 2.12. The van der Waals surface area contributed by atoms with Crippen LogP contribution in [-0.2, 0) is 17.8 Å². The second kappa shape index (κ2) is 8.87. The number of carbonyl (C=O) groups is 1. The van der Waals surface area contributed by atoms with Crippen molar-refractivity contribution in [2.45, 2.75) is 19.4 Å². The molecule has 152 valence electrons. The van der Waals surface area contributed by atoms with E-state index in [0.29, 0.717) is 19.4 Å². The van der Waals surface area contributed by atoms with Gasteiger partial charge in [0.2, 0.25) is 5.91 Å². The normalized spacial score (nSPS) is 10.9. The molecule has 0 radical (unpaired) electrons. The van der Waals surface area contributed by atoms with Crippen LogP contribution in [0.1, 0.15) is 17.7 Å². The number of fused-ring (bicyclic) bond motifs is 1. The van der Waals surface area contributed by atoms with Gasteiger partial charge in [-0.3, -0.25) is 4.79 Å². The maximum Gasteiger partial charge on any atom is 0.223 e. The number of furan rings is 1. The first kappa shape index (κ1) is 19.8. The van der Waals surface area contributed by atoms with Gasteiger partial charge >= 0.3 is 0 Å². The van der Waals surface area contributed by atoms with Crippen LogP contribution in [0.25, 0.3) is 22.1 Å². The number of methoxy groups -OCH3 is 1. The average Bonchev–Trinajstić information content (AvgIpc) is 3.26. The van der Waals surface area contributed by atoms with E-state index in [-0.39, 0.29) is 5.91 Å². The van der Waals surface area contributed by atoms with Crippen LogP contribution in [0.2, 0.25) is 0 Å². The molecule has 0 aliphatic heterocycles. The molecule has 0 aliphatic carbocycles. The Balaban J connectivity index is 1.35. The number of rotatable bonds is 7. The SMILES string of the molecule is COc1ccc2cc(CN(C)C(=O)CCc3ccc(-c4ccccc4)o3)ccc2c1. The second-order valence-electron chi connectivity index (χ2n) is 7.43. The van der Waals surface area contributed by atoms with E-state index in [2.05, 4.69) is 18.2 Å². The van der Waals surface area contributed by atoms with Crippen molar-refractivity contribution < 1.29 is 13.9 Å². The van der Waals surface area contributed by atoms with Crippen LogP contribution < -0.4 is 4.74 Å². The molecule has 0 aliphatic rings. The lowest BCUT2D eigenvalue weighted by atomic mass is 10.1. The molecular formula is C26H25NO3. The highest BCUT2D eigenvalue weighted by atomic mass is 16.5. The molecule has 3 aromatic carbocycles. The predicted octanol–water partition coefficient (Wildman–Crippen LogP) is 5.70. The molecule has 0 N–H and O–H groups in total. The zero-order chi connectivity index (χ0) is 20.9. The van der Waals surface area contributed by atoms with Crippen molar-refractivity contribution in [2.24, 2.45) is 0 Å². The first-order chi connectivity index (χ1) is 14.6. The Morgan fingerprint density at radius 1 is 0.933 bits per heavy atom. The minimum absolute atomic E-state index is 0.0995. The molecule has 0 spiro atoms. The summed E-state index contributed by atoms with van der Waals surface area (Å²) in [6, 6.07) is 26.2. The first-order valence-corrected chi connectivity index (χ1v) is 10.1. The van der Waals surface area contributed by atoms with E-state index in [4.69, 9.17) is 9.15 Å². The fourth-order valence-corrected chi connectivity index (χ4v) is 3.55. The van der Waals surface area contributed by atoms with Gasteiger partial charge in [-0.1, -0.05) is 48.5 Å². The Bertz CT molecular complexity index is 1150. The van der Waals surface area contributed by atoms with Gasteiger partial charge in [0.1, 0.15) is 17.3 Å². The van der Waals surface area contributed by atoms with Crippen molar-refractivity contribution in [1.29, 1.82) is 0 Å². The summed E-state index contributed by atoms with van der Waals surface area (Å²) in [5, 5.41) is 2.26. The van der Waals surface area contributed by atoms with Crippen LogP contribution in [0.3, 0.4) is 0 Å². The number of amides is 1. The van der Waals surface area contributed by atoms with E-state index in [1.165, 1.54) is 0 Å². The molecule has 1 aromatic heterocycles. The van der Waals surface area contributed by atoms with Crippen molar-refractivity contribution in [3.63, 3.8) is 0 Å². The van der Waals surface area contributed by atoms with Gasteiger partial charge in [-0.2, -0.15) is 0 Å². The third-order valence-corrected chi connectivity index (χ3v) is 5.26. The van der Waals surface area contributed by atoms with Crippen molar-refractivity contribution in [3.05, 3.63) is 90.2 Å². The van der Waals surface area contributed by atoms with E-state index in [0.717, 1.165) is 39.2 Å². The highest BCUT2D eigenvalue weighted by Crippen LogP contribution is 2.24. The van der Waals surface area contributed by atoms with Crippen molar-refractivity contribution >= 4 is 16.7 Å². The molecule has 4 heteroatoms. The van der Waals surface area contributed by atoms with Gasteiger partial charge in [0.25, 0.3) is 0 Å². The minimum Gasteiger partial charge on any atom is -0.497 e. The summed E-state index contributed by atoms with van der Waals surface area (Å²) in [6.07, 6.45) is 1.01. The van der Waals surface area contributed by atoms with Gasteiger partial charge in [-0.05, 0) is 46.7 Å². The van der Waals surface area contributed by atoms with Crippen molar-refractivity contribution in [2.75, 3.05) is 14.2 Å². The summed E-state index contributed by atoms with van der Waals surface area (Å²) < 4.78 is 11.2. The highest BCUT2D eigenvalue weighted by molar-refractivity contribution is 5.84. The topological polar surface area (TPSA) is 42.7 Å². The van der Waals surface area contributed by atoms with E-state index in [1.807, 2.05) is 67.7 Å². The smallest absolute Gasteiger partial charge is 0.223 e. The molecule has 0 fully saturated rings. The Hall–Kier alpha value is -3.53. The number of hydrogen-bond acceptors (Lipinski definition) is 3. The fourth-order valence-electron chi connectivity index (χ4n) is 3.55. The number of carbonyl (C=O) groups excluding carboxylic acids is 1. The van der Waals surface area contributed by atoms with Gasteiger partial charge in [0, 0.05) is 32.0 Å². The molecule has 0 bridgehead atoms. The molecule has 0 unspecified atom stereocenters. The van der Waals surface area contributed by atoms with Crippen LogP contribution in [0, 0.1) is 0 Å². The fraction of sp³-hybridized carbons (Fsp3) is 0.192. The average molecular weight is 399 g/mol. The maximum atomic E-state index is 12.6. The van der Waals surface area contributed by atoms with E-state index in [1.54, 1.807) is 12.0 Å². The molecule has 4 rings (SSSR count). The van der Waals surface area contributed by atoms with Crippen LogP contribution in [0.5, 0.6) is 5.75 Å². The van der Waals surface area contributed by atoms with Crippen LogP contribution in [0.15, 0.2) is 83.3 Å². The minimum atomic E-state index is 0.0995. The lowest BCUT2D eigenvalue weighted by molar-refractivity contribution is -0.130. The van der Waals surface area contributed by atoms with E-state index < -0.39 is 0 Å². The van der Waals surface area contributed by atoms with E-state index in [9.17, 15) is 4.79 Å². The summed E-state index contributed by atoms with van der Waals surface area (Å²) in [6.45, 7) is 0.578. The molecule has 4 aromatic rings. The van der Waals surface area contributed by atoms with Gasteiger partial charge in [0.15, 0.2) is 0 Å². The summed E-state index contributed by atoms with van der Waals surface area (Å²) in [4.78, 5) is 14.4. The zero-order valence-corrected chi connectivity index (χ0v) is 17.3.